The van der Waals surface area contributed by atoms with Crippen LogP contribution in [-0.4, -0.2) is 51.7 Å². The van der Waals surface area contributed by atoms with Crippen LogP contribution in [0.3, 0.4) is 0 Å². The minimum absolute atomic E-state index is 0.190. The molecule has 2 fully saturated rings. The first-order valence-electron chi connectivity index (χ1n) is 6.73. The highest BCUT2D eigenvalue weighted by Gasteiger charge is 2.55. The van der Waals surface area contributed by atoms with E-state index < -0.39 is 54.3 Å². The van der Waals surface area contributed by atoms with Gasteiger partial charge in [0.15, 0.2) is 6.61 Å². The molecule has 0 aromatic heterocycles. The van der Waals surface area contributed by atoms with Gasteiger partial charge in [-0.25, -0.2) is 13.8 Å². The van der Waals surface area contributed by atoms with Crippen molar-refractivity contribution >= 4 is 23.3 Å². The Kier molecular flexibility index (Phi) is 5.32. The standard InChI is InChI=1S/C13H18O8S/c1-6(2)13(15)18-5-10(14)19-8-4-9-12(21-22(16)17)7(3)11(8)20-9/h7-9,11-12H,1,4-5H2,2-3H3,(H,16,17)/p-1. The Morgan fingerprint density at radius 3 is 2.68 bits per heavy atom. The van der Waals surface area contributed by atoms with Gasteiger partial charge < -0.3 is 18.8 Å². The largest absolute Gasteiger partial charge is 0.750 e. The van der Waals surface area contributed by atoms with Crippen molar-refractivity contribution in [1.82, 2.24) is 0 Å². The molecule has 6 atom stereocenters. The summed E-state index contributed by atoms with van der Waals surface area (Å²) in [5, 5.41) is 0. The van der Waals surface area contributed by atoms with Crippen LogP contribution in [0.1, 0.15) is 20.3 Å². The van der Waals surface area contributed by atoms with Crippen LogP contribution in [-0.2, 0) is 39.3 Å². The summed E-state index contributed by atoms with van der Waals surface area (Å²) in [6, 6.07) is 0. The number of carbonyl (C=O) groups is 2. The first-order valence-corrected chi connectivity index (χ1v) is 7.73. The van der Waals surface area contributed by atoms with Gasteiger partial charge in [-0.2, -0.15) is 0 Å². The van der Waals surface area contributed by atoms with Crippen molar-refractivity contribution in [3.05, 3.63) is 12.2 Å². The lowest BCUT2D eigenvalue weighted by Gasteiger charge is -2.30. The third-order valence-electron chi connectivity index (χ3n) is 3.71. The van der Waals surface area contributed by atoms with E-state index >= 15 is 0 Å². The van der Waals surface area contributed by atoms with E-state index in [0.717, 1.165) is 0 Å². The van der Waals surface area contributed by atoms with Gasteiger partial charge in [0, 0.05) is 17.9 Å². The summed E-state index contributed by atoms with van der Waals surface area (Å²) in [6.45, 7) is 6.14. The Labute approximate surface area is 130 Å². The molecule has 2 saturated heterocycles. The van der Waals surface area contributed by atoms with Crippen LogP contribution in [0.15, 0.2) is 12.2 Å². The summed E-state index contributed by atoms with van der Waals surface area (Å²) in [4.78, 5) is 22.8. The first kappa shape index (κ1) is 17.1. The molecule has 2 heterocycles. The molecule has 0 aliphatic carbocycles. The first-order chi connectivity index (χ1) is 10.3. The van der Waals surface area contributed by atoms with Crippen LogP contribution in [0, 0.1) is 5.92 Å². The van der Waals surface area contributed by atoms with Gasteiger partial charge >= 0.3 is 11.9 Å². The molecule has 2 bridgehead atoms. The molecule has 0 N–H and O–H groups in total. The fraction of sp³-hybridized carbons (Fsp3) is 0.692. The molecule has 0 amide bonds. The van der Waals surface area contributed by atoms with E-state index in [2.05, 4.69) is 6.58 Å². The second kappa shape index (κ2) is 6.86. The predicted octanol–water partition coefficient (Wildman–Crippen LogP) is 0.00400. The molecule has 0 spiro atoms. The Balaban J connectivity index is 1.82. The molecule has 2 rings (SSSR count). The highest BCUT2D eigenvalue weighted by molar-refractivity contribution is 7.74. The summed E-state index contributed by atoms with van der Waals surface area (Å²) in [6.07, 6.45) is -1.60. The van der Waals surface area contributed by atoms with E-state index in [0.29, 0.717) is 6.42 Å². The average Bonchev–Trinajstić information content (AvgIpc) is 2.95. The summed E-state index contributed by atoms with van der Waals surface area (Å²) in [5.74, 6) is -1.58. The minimum atomic E-state index is -2.62. The van der Waals surface area contributed by atoms with Crippen molar-refractivity contribution < 1.29 is 36.7 Å². The molecule has 0 aromatic carbocycles. The number of ether oxygens (including phenoxy) is 3. The van der Waals surface area contributed by atoms with Crippen molar-refractivity contribution in [2.45, 2.75) is 44.7 Å². The third kappa shape index (κ3) is 3.72. The zero-order valence-electron chi connectivity index (χ0n) is 12.2. The van der Waals surface area contributed by atoms with E-state index in [1.807, 2.05) is 0 Å². The van der Waals surface area contributed by atoms with Gasteiger partial charge in [0.25, 0.3) is 0 Å². The van der Waals surface area contributed by atoms with Crippen LogP contribution in [0.2, 0.25) is 0 Å². The van der Waals surface area contributed by atoms with Crippen LogP contribution < -0.4 is 0 Å². The van der Waals surface area contributed by atoms with Gasteiger partial charge in [0.2, 0.25) is 0 Å². The fourth-order valence-electron chi connectivity index (χ4n) is 2.71. The van der Waals surface area contributed by atoms with Crippen LogP contribution in [0.25, 0.3) is 0 Å². The van der Waals surface area contributed by atoms with E-state index in [1.165, 1.54) is 6.92 Å². The lowest BCUT2D eigenvalue weighted by molar-refractivity contribution is -0.163. The summed E-state index contributed by atoms with van der Waals surface area (Å²) < 4.78 is 41.5. The smallest absolute Gasteiger partial charge is 0.344 e. The number of esters is 2. The second-order valence-corrected chi connectivity index (χ2v) is 5.98. The van der Waals surface area contributed by atoms with Crippen LogP contribution >= 0.6 is 0 Å². The van der Waals surface area contributed by atoms with Crippen molar-refractivity contribution in [1.29, 1.82) is 0 Å². The molecule has 0 radical (unpaired) electrons. The Morgan fingerprint density at radius 2 is 2.14 bits per heavy atom. The molecule has 22 heavy (non-hydrogen) atoms. The predicted molar refractivity (Wildman–Crippen MR) is 71.9 cm³/mol. The average molecular weight is 333 g/mol. The number of hydrogen-bond donors (Lipinski definition) is 0. The summed E-state index contributed by atoms with van der Waals surface area (Å²) in [7, 11) is 0. The van der Waals surface area contributed by atoms with Gasteiger partial charge in [-0.05, 0) is 6.92 Å². The minimum Gasteiger partial charge on any atom is -0.750 e. The number of hydrogen-bond acceptors (Lipinski definition) is 8. The summed E-state index contributed by atoms with van der Waals surface area (Å²) >= 11 is -2.62. The Hall–Kier alpha value is -1.29. The maximum absolute atomic E-state index is 11.7. The Morgan fingerprint density at radius 1 is 1.45 bits per heavy atom. The van der Waals surface area contributed by atoms with Crippen molar-refractivity contribution in [2.24, 2.45) is 5.92 Å². The van der Waals surface area contributed by atoms with Gasteiger partial charge in [-0.3, -0.25) is 4.18 Å². The topological polar surface area (TPSA) is 111 Å². The van der Waals surface area contributed by atoms with Gasteiger partial charge in [0.05, 0.1) is 17.5 Å². The molecule has 124 valence electrons. The zero-order valence-corrected chi connectivity index (χ0v) is 13.0. The number of carbonyl (C=O) groups excluding carboxylic acids is 2. The lowest BCUT2D eigenvalue weighted by Crippen LogP contribution is -2.42. The number of fused-ring (bicyclic) bond motifs is 2. The van der Waals surface area contributed by atoms with Crippen LogP contribution in [0.4, 0.5) is 0 Å². The van der Waals surface area contributed by atoms with E-state index in [1.54, 1.807) is 6.92 Å². The Bertz CT molecular complexity index is 502. The summed E-state index contributed by atoms with van der Waals surface area (Å²) in [5.41, 5.74) is 0.190. The maximum atomic E-state index is 11.7. The second-order valence-electron chi connectivity index (χ2n) is 5.38. The molecule has 0 aromatic rings. The number of rotatable bonds is 6. The normalized spacial score (nSPS) is 34.2. The molecule has 2 aliphatic rings. The quantitative estimate of drug-likeness (QED) is 0.379. The molecule has 9 heteroatoms. The third-order valence-corrected chi connectivity index (χ3v) is 4.09. The molecule has 6 unspecified atom stereocenters. The van der Waals surface area contributed by atoms with Crippen molar-refractivity contribution in [3.8, 4) is 0 Å². The molecular formula is C13H17O8S-. The van der Waals surface area contributed by atoms with Crippen molar-refractivity contribution in [3.63, 3.8) is 0 Å². The molecule has 2 aliphatic heterocycles. The van der Waals surface area contributed by atoms with E-state index in [-0.39, 0.29) is 11.5 Å². The van der Waals surface area contributed by atoms with Crippen molar-refractivity contribution in [2.75, 3.05) is 6.61 Å². The lowest BCUT2D eigenvalue weighted by atomic mass is 9.86. The van der Waals surface area contributed by atoms with Gasteiger partial charge in [-0.1, -0.05) is 13.5 Å². The van der Waals surface area contributed by atoms with E-state index in [9.17, 15) is 18.4 Å². The highest BCUT2D eigenvalue weighted by Crippen LogP contribution is 2.42. The van der Waals surface area contributed by atoms with E-state index in [4.69, 9.17) is 18.4 Å². The van der Waals surface area contributed by atoms with Gasteiger partial charge in [-0.15, -0.1) is 0 Å². The maximum Gasteiger partial charge on any atom is 0.344 e. The fourth-order valence-corrected chi connectivity index (χ4v) is 3.19. The molecule has 8 nitrogen and oxygen atoms in total. The molecular weight excluding hydrogens is 316 g/mol. The SMILES string of the molecule is C=C(C)C(=O)OCC(=O)OC1CC2OC1C(C)C2OS(=O)[O-]. The van der Waals surface area contributed by atoms with Crippen LogP contribution in [0.5, 0.6) is 0 Å². The zero-order chi connectivity index (χ0) is 16.4. The highest BCUT2D eigenvalue weighted by atomic mass is 32.2. The monoisotopic (exact) mass is 333 g/mol. The van der Waals surface area contributed by atoms with Gasteiger partial charge in [0.1, 0.15) is 18.3 Å². The molecule has 0 saturated carbocycles.